The summed E-state index contributed by atoms with van der Waals surface area (Å²) in [6.45, 7) is 1.19. The number of anilines is 1. The lowest BCUT2D eigenvalue weighted by Gasteiger charge is -2.37. The maximum absolute atomic E-state index is 13.2. The van der Waals surface area contributed by atoms with Gasteiger partial charge in [-0.15, -0.1) is 11.3 Å². The highest BCUT2D eigenvalue weighted by Gasteiger charge is 2.32. The van der Waals surface area contributed by atoms with E-state index in [1.54, 1.807) is 12.1 Å². The highest BCUT2D eigenvalue weighted by Crippen LogP contribution is 2.32. The van der Waals surface area contributed by atoms with Crippen LogP contribution >= 0.6 is 11.3 Å². The van der Waals surface area contributed by atoms with Crippen LogP contribution in [0.25, 0.3) is 0 Å². The number of thiophene rings is 1. The summed E-state index contributed by atoms with van der Waals surface area (Å²) in [7, 11) is -2.85. The Balaban J connectivity index is 1.65. The monoisotopic (exact) mass is 450 g/mol. The molecule has 160 valence electrons. The maximum Gasteiger partial charge on any atom is 0.349 e. The van der Waals surface area contributed by atoms with Crippen molar-refractivity contribution in [2.75, 3.05) is 25.0 Å². The Morgan fingerprint density at radius 2 is 2.10 bits per heavy atom. The standard InChI is InChI=1S/C20H22N2O6S2/c1-27-20(24)18-17(8-11-29-18)30(25,26)21-13-5-6-16-15(12-13)19(23)22-9-3-2-4-14(22)7-10-28-16/h5-6,8,11-12,14,21H,2-4,7,9-10H2,1H3/t14-/m1/s1. The molecule has 0 bridgehead atoms. The van der Waals surface area contributed by atoms with Crippen LogP contribution in [0.4, 0.5) is 5.69 Å². The summed E-state index contributed by atoms with van der Waals surface area (Å²) in [5, 5.41) is 1.51. The fraction of sp³-hybridized carbons (Fsp3) is 0.400. The van der Waals surface area contributed by atoms with E-state index in [-0.39, 0.29) is 27.4 Å². The second kappa shape index (κ2) is 8.27. The van der Waals surface area contributed by atoms with Crippen LogP contribution in [0.5, 0.6) is 5.75 Å². The lowest BCUT2D eigenvalue weighted by Crippen LogP contribution is -2.45. The molecule has 1 fully saturated rings. The average molecular weight is 451 g/mol. The van der Waals surface area contributed by atoms with Crippen LogP contribution in [0.1, 0.15) is 45.7 Å². The zero-order valence-electron chi connectivity index (χ0n) is 16.4. The number of hydrogen-bond acceptors (Lipinski definition) is 7. The molecule has 0 unspecified atom stereocenters. The van der Waals surface area contributed by atoms with Crippen molar-refractivity contribution in [3.8, 4) is 5.75 Å². The first-order valence-corrected chi connectivity index (χ1v) is 12.0. The summed E-state index contributed by atoms with van der Waals surface area (Å²) < 4.78 is 38.6. The molecule has 1 atom stereocenters. The third-order valence-electron chi connectivity index (χ3n) is 5.35. The Morgan fingerprint density at radius 1 is 1.27 bits per heavy atom. The van der Waals surface area contributed by atoms with E-state index in [0.717, 1.165) is 37.0 Å². The maximum atomic E-state index is 13.2. The number of methoxy groups -OCH3 is 1. The predicted octanol–water partition coefficient (Wildman–Crippen LogP) is 3.11. The van der Waals surface area contributed by atoms with Crippen molar-refractivity contribution in [2.24, 2.45) is 0 Å². The molecule has 2 aromatic rings. The molecule has 2 aliphatic heterocycles. The largest absolute Gasteiger partial charge is 0.493 e. The van der Waals surface area contributed by atoms with Crippen molar-refractivity contribution in [3.63, 3.8) is 0 Å². The number of piperidine rings is 1. The lowest BCUT2D eigenvalue weighted by atomic mass is 9.97. The van der Waals surface area contributed by atoms with E-state index >= 15 is 0 Å². The van der Waals surface area contributed by atoms with Gasteiger partial charge in [0.15, 0.2) is 0 Å². The fourth-order valence-corrected chi connectivity index (χ4v) is 6.26. The molecular weight excluding hydrogens is 428 g/mol. The fourth-order valence-electron chi connectivity index (χ4n) is 3.87. The van der Waals surface area contributed by atoms with Gasteiger partial charge in [0, 0.05) is 24.7 Å². The zero-order chi connectivity index (χ0) is 21.3. The van der Waals surface area contributed by atoms with Crippen LogP contribution in [-0.2, 0) is 14.8 Å². The molecule has 30 heavy (non-hydrogen) atoms. The molecule has 1 saturated heterocycles. The van der Waals surface area contributed by atoms with E-state index in [9.17, 15) is 18.0 Å². The average Bonchev–Trinajstić information content (AvgIpc) is 3.24. The van der Waals surface area contributed by atoms with Crippen LogP contribution in [0.3, 0.4) is 0 Å². The van der Waals surface area contributed by atoms with Crippen LogP contribution in [0, 0.1) is 0 Å². The number of carbonyl (C=O) groups excluding carboxylic acids is 2. The first kappa shape index (κ1) is 20.7. The van der Waals surface area contributed by atoms with E-state index < -0.39 is 16.0 Å². The predicted molar refractivity (Wildman–Crippen MR) is 112 cm³/mol. The second-order valence-electron chi connectivity index (χ2n) is 7.21. The van der Waals surface area contributed by atoms with E-state index in [1.165, 1.54) is 24.6 Å². The molecule has 1 N–H and O–H groups in total. The van der Waals surface area contributed by atoms with E-state index in [0.29, 0.717) is 24.5 Å². The molecule has 8 nitrogen and oxygen atoms in total. The summed E-state index contributed by atoms with van der Waals surface area (Å²) in [5.74, 6) is -0.428. The summed E-state index contributed by atoms with van der Waals surface area (Å²) in [5.41, 5.74) is 0.558. The molecule has 1 aromatic carbocycles. The number of nitrogens with one attached hydrogen (secondary N) is 1. The van der Waals surface area contributed by atoms with Gasteiger partial charge in [0.1, 0.15) is 15.5 Å². The van der Waals surface area contributed by atoms with Gasteiger partial charge in [0.05, 0.1) is 19.3 Å². The van der Waals surface area contributed by atoms with Crippen molar-refractivity contribution in [2.45, 2.75) is 36.6 Å². The van der Waals surface area contributed by atoms with Crippen LogP contribution < -0.4 is 9.46 Å². The van der Waals surface area contributed by atoms with Crippen molar-refractivity contribution >= 4 is 38.9 Å². The van der Waals surface area contributed by atoms with E-state index in [1.807, 2.05) is 4.90 Å². The summed E-state index contributed by atoms with van der Waals surface area (Å²) in [6.07, 6.45) is 3.78. The van der Waals surface area contributed by atoms with E-state index in [4.69, 9.17) is 4.74 Å². The van der Waals surface area contributed by atoms with Gasteiger partial charge >= 0.3 is 5.97 Å². The van der Waals surface area contributed by atoms with Gasteiger partial charge in [-0.1, -0.05) is 0 Å². The second-order valence-corrected chi connectivity index (χ2v) is 9.77. The Hall–Kier alpha value is -2.59. The van der Waals surface area contributed by atoms with Crippen LogP contribution in [0.2, 0.25) is 0 Å². The van der Waals surface area contributed by atoms with Gasteiger partial charge in [-0.25, -0.2) is 13.2 Å². The minimum Gasteiger partial charge on any atom is -0.493 e. The smallest absolute Gasteiger partial charge is 0.349 e. The van der Waals surface area contributed by atoms with Crippen LogP contribution in [0.15, 0.2) is 34.5 Å². The van der Waals surface area contributed by atoms with Crippen LogP contribution in [-0.4, -0.2) is 51.5 Å². The number of sulfonamides is 1. The first-order valence-electron chi connectivity index (χ1n) is 9.67. The zero-order valence-corrected chi connectivity index (χ0v) is 18.1. The summed E-state index contributed by atoms with van der Waals surface area (Å²) in [4.78, 5) is 26.7. The minimum atomic E-state index is -4.05. The van der Waals surface area contributed by atoms with Crippen molar-refractivity contribution in [3.05, 3.63) is 40.1 Å². The number of ether oxygens (including phenoxy) is 2. The van der Waals surface area contributed by atoms with Gasteiger partial charge in [-0.3, -0.25) is 9.52 Å². The molecule has 2 aliphatic rings. The lowest BCUT2D eigenvalue weighted by molar-refractivity contribution is 0.0547. The molecule has 1 aromatic heterocycles. The molecule has 4 rings (SSSR count). The number of esters is 1. The molecule has 0 saturated carbocycles. The SMILES string of the molecule is COC(=O)c1sccc1S(=O)(=O)Nc1ccc2c(c1)C(=O)N1CCCC[C@@H]1CCO2. The van der Waals surface area contributed by atoms with Gasteiger partial charge in [0.25, 0.3) is 15.9 Å². The Labute approximate surface area is 178 Å². The number of hydrogen-bond donors (Lipinski definition) is 1. The van der Waals surface area contributed by atoms with Crippen molar-refractivity contribution in [1.82, 2.24) is 4.90 Å². The molecular formula is C20H22N2O6S2. The molecule has 3 heterocycles. The third-order valence-corrected chi connectivity index (χ3v) is 7.80. The molecule has 1 amide bonds. The number of nitrogens with zero attached hydrogens (tertiary/aromatic N) is 1. The van der Waals surface area contributed by atoms with Gasteiger partial charge < -0.3 is 14.4 Å². The number of rotatable bonds is 4. The number of carbonyl (C=O) groups is 2. The normalized spacial score (nSPS) is 19.0. The summed E-state index contributed by atoms with van der Waals surface area (Å²) in [6, 6.07) is 6.14. The van der Waals surface area contributed by atoms with Crippen molar-refractivity contribution < 1.29 is 27.5 Å². The number of fused-ring (bicyclic) bond motifs is 2. The quantitative estimate of drug-likeness (QED) is 0.718. The minimum absolute atomic E-state index is 0.00758. The first-order chi connectivity index (χ1) is 14.4. The highest BCUT2D eigenvalue weighted by atomic mass is 32.2. The van der Waals surface area contributed by atoms with Gasteiger partial charge in [0.2, 0.25) is 0 Å². The molecule has 0 aliphatic carbocycles. The molecule has 10 heteroatoms. The Kier molecular flexibility index (Phi) is 5.70. The van der Waals surface area contributed by atoms with Crippen molar-refractivity contribution in [1.29, 1.82) is 0 Å². The van der Waals surface area contributed by atoms with Gasteiger partial charge in [-0.2, -0.15) is 0 Å². The Morgan fingerprint density at radius 3 is 2.90 bits per heavy atom. The summed E-state index contributed by atoms with van der Waals surface area (Å²) >= 11 is 0.986. The topological polar surface area (TPSA) is 102 Å². The molecule has 0 radical (unpaired) electrons. The molecule has 0 spiro atoms. The number of amides is 1. The third kappa shape index (κ3) is 3.89. The van der Waals surface area contributed by atoms with Gasteiger partial charge in [-0.05, 0) is 48.9 Å². The number of benzene rings is 1. The van der Waals surface area contributed by atoms with E-state index in [2.05, 4.69) is 9.46 Å². The Bertz CT molecular complexity index is 1080. The highest BCUT2D eigenvalue weighted by molar-refractivity contribution is 7.93.